The number of carboxylic acid groups (broad SMARTS) is 1. The summed E-state index contributed by atoms with van der Waals surface area (Å²) in [6, 6.07) is 5.50. The number of carboxylic acids is 1. The fraction of sp³-hybridized carbons (Fsp3) is 0.111. The second-order valence-corrected chi connectivity index (χ2v) is 2.43. The number of carbonyl (C=O) groups is 2. The number of benzene rings is 1. The topological polar surface area (TPSA) is 54.4 Å². The fourth-order valence-corrected chi connectivity index (χ4v) is 1.01. The standard InChI is InChI=1S/C9H7FO3/c10-8(5-11)6-3-1-2-4-7(6)9(12)13/h1-5,8H,(H,12,13). The summed E-state index contributed by atoms with van der Waals surface area (Å²) in [4.78, 5) is 20.7. The summed E-state index contributed by atoms with van der Waals surface area (Å²) in [5, 5.41) is 8.63. The number of hydrogen-bond acceptors (Lipinski definition) is 2. The van der Waals surface area contributed by atoms with E-state index in [1.54, 1.807) is 0 Å². The maximum Gasteiger partial charge on any atom is 0.336 e. The lowest BCUT2D eigenvalue weighted by molar-refractivity contribution is -0.112. The molecule has 1 rings (SSSR count). The van der Waals surface area contributed by atoms with Crippen LogP contribution in [0.5, 0.6) is 0 Å². The summed E-state index contributed by atoms with van der Waals surface area (Å²) in [6.07, 6.45) is -1.80. The largest absolute Gasteiger partial charge is 0.478 e. The lowest BCUT2D eigenvalue weighted by Gasteiger charge is -2.04. The van der Waals surface area contributed by atoms with E-state index in [-0.39, 0.29) is 17.4 Å². The summed E-state index contributed by atoms with van der Waals surface area (Å²) in [5.74, 6) is -1.24. The number of aldehydes is 1. The molecule has 1 unspecified atom stereocenters. The molecule has 0 spiro atoms. The van der Waals surface area contributed by atoms with Gasteiger partial charge in [-0.2, -0.15) is 0 Å². The smallest absolute Gasteiger partial charge is 0.336 e. The van der Waals surface area contributed by atoms with E-state index in [2.05, 4.69) is 0 Å². The van der Waals surface area contributed by atoms with Gasteiger partial charge >= 0.3 is 5.97 Å². The Bertz CT molecular complexity index is 335. The second-order valence-electron chi connectivity index (χ2n) is 2.43. The minimum absolute atomic E-state index is 0.0712. The molecule has 1 aromatic rings. The van der Waals surface area contributed by atoms with Crippen LogP contribution in [0.25, 0.3) is 0 Å². The van der Waals surface area contributed by atoms with Crippen molar-refractivity contribution in [3.05, 3.63) is 35.4 Å². The van der Waals surface area contributed by atoms with Gasteiger partial charge in [-0.25, -0.2) is 9.18 Å². The molecule has 0 aliphatic heterocycles. The molecule has 0 heterocycles. The van der Waals surface area contributed by atoms with E-state index in [1.165, 1.54) is 24.3 Å². The number of hydrogen-bond donors (Lipinski definition) is 1. The van der Waals surface area contributed by atoms with Crippen molar-refractivity contribution < 1.29 is 19.1 Å². The van der Waals surface area contributed by atoms with Gasteiger partial charge in [-0.15, -0.1) is 0 Å². The highest BCUT2D eigenvalue weighted by Crippen LogP contribution is 2.19. The minimum Gasteiger partial charge on any atom is -0.478 e. The van der Waals surface area contributed by atoms with Gasteiger partial charge in [0.25, 0.3) is 0 Å². The summed E-state index contributed by atoms with van der Waals surface area (Å²) in [7, 11) is 0. The molecule has 0 aliphatic carbocycles. The van der Waals surface area contributed by atoms with Gasteiger partial charge in [0.2, 0.25) is 0 Å². The Morgan fingerprint density at radius 3 is 2.62 bits per heavy atom. The van der Waals surface area contributed by atoms with Crippen LogP contribution in [0.1, 0.15) is 22.1 Å². The Hall–Kier alpha value is -1.71. The van der Waals surface area contributed by atoms with Crippen LogP contribution < -0.4 is 0 Å². The van der Waals surface area contributed by atoms with Crippen LogP contribution in [0.4, 0.5) is 4.39 Å². The van der Waals surface area contributed by atoms with Gasteiger partial charge in [0.15, 0.2) is 12.5 Å². The zero-order valence-corrected chi connectivity index (χ0v) is 6.61. The first-order chi connectivity index (χ1) is 6.16. The number of aromatic carboxylic acids is 1. The van der Waals surface area contributed by atoms with E-state index in [1.807, 2.05) is 0 Å². The first-order valence-electron chi connectivity index (χ1n) is 3.58. The van der Waals surface area contributed by atoms with E-state index in [0.717, 1.165) is 0 Å². The maximum absolute atomic E-state index is 12.9. The summed E-state index contributed by atoms with van der Waals surface area (Å²) in [6.45, 7) is 0. The van der Waals surface area contributed by atoms with Gasteiger partial charge in [0.05, 0.1) is 5.56 Å². The highest BCUT2D eigenvalue weighted by molar-refractivity contribution is 5.90. The normalized spacial score (nSPS) is 12.1. The quantitative estimate of drug-likeness (QED) is 0.722. The zero-order valence-electron chi connectivity index (χ0n) is 6.61. The first-order valence-corrected chi connectivity index (χ1v) is 3.58. The van der Waals surface area contributed by atoms with Crippen molar-refractivity contribution >= 4 is 12.3 Å². The predicted molar refractivity (Wildman–Crippen MR) is 43.3 cm³/mol. The average Bonchev–Trinajstić information content (AvgIpc) is 2.16. The van der Waals surface area contributed by atoms with Crippen LogP contribution in [-0.2, 0) is 4.79 Å². The molecule has 1 aromatic carbocycles. The molecule has 0 aromatic heterocycles. The van der Waals surface area contributed by atoms with Crippen LogP contribution >= 0.6 is 0 Å². The Kier molecular flexibility index (Phi) is 2.74. The monoisotopic (exact) mass is 182 g/mol. The van der Waals surface area contributed by atoms with E-state index in [9.17, 15) is 14.0 Å². The highest BCUT2D eigenvalue weighted by Gasteiger charge is 2.16. The molecule has 0 aliphatic rings. The lowest BCUT2D eigenvalue weighted by Crippen LogP contribution is -2.04. The number of rotatable bonds is 3. The number of carbonyl (C=O) groups excluding carboxylic acids is 1. The molecule has 0 saturated heterocycles. The molecule has 68 valence electrons. The maximum atomic E-state index is 12.9. The third-order valence-electron chi connectivity index (χ3n) is 1.61. The third-order valence-corrected chi connectivity index (χ3v) is 1.61. The van der Waals surface area contributed by atoms with Gasteiger partial charge in [-0.3, -0.25) is 4.79 Å². The summed E-state index contributed by atoms with van der Waals surface area (Å²) < 4.78 is 12.9. The Labute approximate surface area is 73.8 Å². The van der Waals surface area contributed by atoms with Crippen LogP contribution in [0.15, 0.2) is 24.3 Å². The predicted octanol–water partition coefficient (Wildman–Crippen LogP) is 1.59. The van der Waals surface area contributed by atoms with Gasteiger partial charge in [-0.05, 0) is 6.07 Å². The van der Waals surface area contributed by atoms with Crippen LogP contribution in [0, 0.1) is 0 Å². The van der Waals surface area contributed by atoms with Gasteiger partial charge in [0, 0.05) is 5.56 Å². The van der Waals surface area contributed by atoms with Gasteiger partial charge < -0.3 is 5.11 Å². The van der Waals surface area contributed by atoms with E-state index in [4.69, 9.17) is 5.11 Å². The SMILES string of the molecule is O=CC(F)c1ccccc1C(=O)O. The van der Waals surface area contributed by atoms with Crippen molar-refractivity contribution in [2.45, 2.75) is 6.17 Å². The van der Waals surface area contributed by atoms with E-state index in [0.29, 0.717) is 0 Å². The average molecular weight is 182 g/mol. The second kappa shape index (κ2) is 3.80. The molecule has 0 saturated carbocycles. The van der Waals surface area contributed by atoms with Gasteiger partial charge in [0.1, 0.15) is 0 Å². The van der Waals surface area contributed by atoms with E-state index >= 15 is 0 Å². The first kappa shape index (κ1) is 9.38. The molecule has 0 radical (unpaired) electrons. The van der Waals surface area contributed by atoms with Crippen LogP contribution in [0.2, 0.25) is 0 Å². The lowest BCUT2D eigenvalue weighted by atomic mass is 10.0. The molecule has 0 fully saturated rings. The Morgan fingerprint density at radius 1 is 1.46 bits per heavy atom. The van der Waals surface area contributed by atoms with Gasteiger partial charge in [-0.1, -0.05) is 18.2 Å². The molecule has 0 amide bonds. The van der Waals surface area contributed by atoms with Crippen molar-refractivity contribution in [1.29, 1.82) is 0 Å². The fourth-order valence-electron chi connectivity index (χ4n) is 1.01. The Morgan fingerprint density at radius 2 is 2.08 bits per heavy atom. The molecular weight excluding hydrogens is 175 g/mol. The zero-order chi connectivity index (χ0) is 9.84. The third kappa shape index (κ3) is 1.90. The van der Waals surface area contributed by atoms with Crippen molar-refractivity contribution in [3.8, 4) is 0 Å². The molecule has 0 bridgehead atoms. The van der Waals surface area contributed by atoms with Crippen molar-refractivity contribution in [3.63, 3.8) is 0 Å². The number of alkyl halides is 1. The molecule has 4 heteroatoms. The van der Waals surface area contributed by atoms with Crippen molar-refractivity contribution in [2.75, 3.05) is 0 Å². The van der Waals surface area contributed by atoms with Crippen molar-refractivity contribution in [2.24, 2.45) is 0 Å². The van der Waals surface area contributed by atoms with Crippen molar-refractivity contribution in [1.82, 2.24) is 0 Å². The summed E-state index contributed by atoms with van der Waals surface area (Å²) in [5.41, 5.74) is -0.285. The van der Waals surface area contributed by atoms with E-state index < -0.39 is 12.1 Å². The summed E-state index contributed by atoms with van der Waals surface area (Å²) >= 11 is 0. The molecular formula is C9H7FO3. The minimum atomic E-state index is -1.87. The molecule has 1 N–H and O–H groups in total. The molecule has 3 nitrogen and oxygen atoms in total. The van der Waals surface area contributed by atoms with Crippen LogP contribution in [-0.4, -0.2) is 17.4 Å². The molecule has 13 heavy (non-hydrogen) atoms. The highest BCUT2D eigenvalue weighted by atomic mass is 19.1. The molecule has 1 atom stereocenters. The van der Waals surface area contributed by atoms with Crippen LogP contribution in [0.3, 0.4) is 0 Å². The Balaban J connectivity index is 3.19. The number of halogens is 1.